The normalized spacial score (nSPS) is 10.6. The van der Waals surface area contributed by atoms with Gasteiger partial charge in [0, 0.05) is 21.7 Å². The number of aromatic hydroxyl groups is 1. The van der Waals surface area contributed by atoms with Crippen molar-refractivity contribution in [3.63, 3.8) is 0 Å². The second kappa shape index (κ2) is 8.30. The summed E-state index contributed by atoms with van der Waals surface area (Å²) in [4.78, 5) is 22.3. The van der Waals surface area contributed by atoms with Crippen molar-refractivity contribution in [1.82, 2.24) is 5.43 Å². The number of hydrogen-bond acceptors (Lipinski definition) is 7. The monoisotopic (exact) mass is 423 g/mol. The summed E-state index contributed by atoms with van der Waals surface area (Å²) >= 11 is 3.11. The largest absolute Gasteiger partial charge is 0.502 e. The number of carbonyl (C=O) groups excluding carboxylic acids is 1. The van der Waals surface area contributed by atoms with E-state index in [4.69, 9.17) is 9.47 Å². The van der Waals surface area contributed by atoms with Gasteiger partial charge in [-0.1, -0.05) is 15.9 Å². The lowest BCUT2D eigenvalue weighted by Gasteiger charge is -2.08. The second-order valence-electron chi connectivity index (χ2n) is 4.89. The molecule has 0 aromatic heterocycles. The average molecular weight is 424 g/mol. The van der Waals surface area contributed by atoms with Gasteiger partial charge in [0.2, 0.25) is 5.75 Å². The molecule has 0 aliphatic carbocycles. The molecule has 2 rings (SSSR count). The molecule has 9 nitrogen and oxygen atoms in total. The Bertz CT molecular complexity index is 885. The molecule has 10 heteroatoms. The second-order valence-corrected chi connectivity index (χ2v) is 5.80. The van der Waals surface area contributed by atoms with Crippen LogP contribution in [0.1, 0.15) is 15.9 Å². The molecule has 26 heavy (non-hydrogen) atoms. The molecule has 2 aromatic carbocycles. The zero-order valence-corrected chi connectivity index (χ0v) is 15.3. The number of phenolic OH excluding ortho intramolecular Hbond substituents is 1. The van der Waals surface area contributed by atoms with Crippen molar-refractivity contribution in [1.29, 1.82) is 0 Å². The SMILES string of the molecule is COc1ccc(C(=O)N/N=C/c2cc(Br)cc([N+](=O)[O-])c2O)cc1OC. The summed E-state index contributed by atoms with van der Waals surface area (Å²) < 4.78 is 10.6. The maximum Gasteiger partial charge on any atom is 0.312 e. The van der Waals surface area contributed by atoms with E-state index in [0.717, 1.165) is 12.3 Å². The first kappa shape index (κ1) is 19.2. The molecule has 0 bridgehead atoms. The van der Waals surface area contributed by atoms with E-state index in [1.165, 1.54) is 32.4 Å². The molecule has 0 saturated heterocycles. The van der Waals surface area contributed by atoms with Gasteiger partial charge in [-0.25, -0.2) is 5.43 Å². The van der Waals surface area contributed by atoms with Gasteiger partial charge >= 0.3 is 5.69 Å². The molecule has 0 heterocycles. The molecule has 1 amide bonds. The maximum absolute atomic E-state index is 12.1. The number of benzene rings is 2. The van der Waals surface area contributed by atoms with E-state index in [0.29, 0.717) is 16.0 Å². The Labute approximate surface area is 156 Å². The number of carbonyl (C=O) groups is 1. The number of hydrogen-bond donors (Lipinski definition) is 2. The van der Waals surface area contributed by atoms with Gasteiger partial charge in [-0.2, -0.15) is 5.10 Å². The van der Waals surface area contributed by atoms with E-state index in [9.17, 15) is 20.0 Å². The Morgan fingerprint density at radius 2 is 1.96 bits per heavy atom. The zero-order valence-electron chi connectivity index (χ0n) is 13.7. The molecule has 0 atom stereocenters. The number of nitrogens with one attached hydrogen (secondary N) is 1. The Morgan fingerprint density at radius 3 is 2.58 bits per heavy atom. The summed E-state index contributed by atoms with van der Waals surface area (Å²) in [6, 6.07) is 7.16. The van der Waals surface area contributed by atoms with E-state index in [2.05, 4.69) is 26.5 Å². The van der Waals surface area contributed by atoms with Crippen molar-refractivity contribution in [3.05, 3.63) is 56.0 Å². The fourth-order valence-corrected chi connectivity index (χ4v) is 2.51. The smallest absolute Gasteiger partial charge is 0.312 e. The standard InChI is InChI=1S/C16H14BrN3O6/c1-25-13-4-3-9(6-14(13)26-2)16(22)19-18-8-10-5-11(17)7-12(15(10)21)20(23)24/h3-8,21H,1-2H3,(H,19,22)/b18-8+. The maximum atomic E-state index is 12.1. The van der Waals surface area contributed by atoms with Gasteiger partial charge in [0.1, 0.15) is 0 Å². The van der Waals surface area contributed by atoms with E-state index in [-0.39, 0.29) is 11.1 Å². The highest BCUT2D eigenvalue weighted by Crippen LogP contribution is 2.32. The van der Waals surface area contributed by atoms with Crippen LogP contribution in [0, 0.1) is 10.1 Å². The molecule has 136 valence electrons. The van der Waals surface area contributed by atoms with Gasteiger partial charge < -0.3 is 14.6 Å². The molecule has 2 N–H and O–H groups in total. The van der Waals surface area contributed by atoms with Crippen LogP contribution >= 0.6 is 15.9 Å². The lowest BCUT2D eigenvalue weighted by Crippen LogP contribution is -2.17. The number of amides is 1. The number of nitro groups is 1. The summed E-state index contributed by atoms with van der Waals surface area (Å²) in [5.41, 5.74) is 2.13. The minimum absolute atomic E-state index is 0.0682. The zero-order chi connectivity index (χ0) is 19.3. The molecule has 0 spiro atoms. The molecule has 0 aliphatic rings. The highest BCUT2D eigenvalue weighted by molar-refractivity contribution is 9.10. The first-order chi connectivity index (χ1) is 12.4. The highest BCUT2D eigenvalue weighted by atomic mass is 79.9. The molecule has 0 fully saturated rings. The Morgan fingerprint density at radius 1 is 1.27 bits per heavy atom. The van der Waals surface area contributed by atoms with Crippen molar-refractivity contribution in [3.8, 4) is 17.2 Å². The van der Waals surface area contributed by atoms with Crippen LogP contribution in [0.15, 0.2) is 39.9 Å². The number of hydrazone groups is 1. The third kappa shape index (κ3) is 4.28. The molecular formula is C16H14BrN3O6. The summed E-state index contributed by atoms with van der Waals surface area (Å²) in [7, 11) is 2.92. The van der Waals surface area contributed by atoms with Crippen LogP contribution < -0.4 is 14.9 Å². The topological polar surface area (TPSA) is 123 Å². The Hall–Kier alpha value is -3.14. The predicted molar refractivity (Wildman–Crippen MR) is 97.1 cm³/mol. The van der Waals surface area contributed by atoms with Gasteiger partial charge in [0.15, 0.2) is 11.5 Å². The van der Waals surface area contributed by atoms with Crippen molar-refractivity contribution in [2.75, 3.05) is 14.2 Å². The van der Waals surface area contributed by atoms with Crippen molar-refractivity contribution < 1.29 is 24.3 Å². The number of halogens is 1. The fraction of sp³-hybridized carbons (Fsp3) is 0.125. The molecule has 0 aliphatic heterocycles. The summed E-state index contributed by atoms with van der Waals surface area (Å²) in [6.45, 7) is 0. The minimum Gasteiger partial charge on any atom is -0.502 e. The average Bonchev–Trinajstić information content (AvgIpc) is 2.63. The Kier molecular flexibility index (Phi) is 6.12. The molecule has 0 radical (unpaired) electrons. The highest BCUT2D eigenvalue weighted by Gasteiger charge is 2.17. The van der Waals surface area contributed by atoms with Crippen LogP contribution in [0.2, 0.25) is 0 Å². The number of ether oxygens (including phenoxy) is 2. The molecule has 0 unspecified atom stereocenters. The van der Waals surface area contributed by atoms with Crippen molar-refractivity contribution in [2.24, 2.45) is 5.10 Å². The van der Waals surface area contributed by atoms with Gasteiger partial charge in [0.05, 0.1) is 25.4 Å². The van der Waals surface area contributed by atoms with Gasteiger partial charge in [-0.3, -0.25) is 14.9 Å². The summed E-state index contributed by atoms with van der Waals surface area (Å²) in [6.07, 6.45) is 1.10. The van der Waals surface area contributed by atoms with Crippen LogP contribution in [-0.2, 0) is 0 Å². The van der Waals surface area contributed by atoms with Gasteiger partial charge in [-0.15, -0.1) is 0 Å². The van der Waals surface area contributed by atoms with Crippen LogP contribution in [-0.4, -0.2) is 36.4 Å². The van der Waals surface area contributed by atoms with Gasteiger partial charge in [0.25, 0.3) is 5.91 Å². The number of methoxy groups -OCH3 is 2. The number of phenols is 1. The molecule has 0 saturated carbocycles. The molecular weight excluding hydrogens is 410 g/mol. The number of rotatable bonds is 6. The molecule has 2 aromatic rings. The first-order valence-electron chi connectivity index (χ1n) is 7.09. The van der Waals surface area contributed by atoms with Crippen molar-refractivity contribution in [2.45, 2.75) is 0 Å². The predicted octanol–water partition coefficient (Wildman–Crippen LogP) is 2.84. The fourth-order valence-electron chi connectivity index (χ4n) is 2.05. The summed E-state index contributed by atoms with van der Waals surface area (Å²) in [5.74, 6) is -0.239. The quantitative estimate of drug-likeness (QED) is 0.418. The van der Waals surface area contributed by atoms with Crippen LogP contribution in [0.25, 0.3) is 0 Å². The van der Waals surface area contributed by atoms with Crippen LogP contribution in [0.3, 0.4) is 0 Å². The third-order valence-corrected chi connectivity index (χ3v) is 3.75. The third-order valence-electron chi connectivity index (χ3n) is 3.30. The van der Waals surface area contributed by atoms with Crippen molar-refractivity contribution >= 4 is 33.7 Å². The number of nitrogens with zero attached hydrogens (tertiary/aromatic N) is 2. The summed E-state index contributed by atoms with van der Waals surface area (Å²) in [5, 5.41) is 24.5. The lowest BCUT2D eigenvalue weighted by molar-refractivity contribution is -0.385. The Balaban J connectivity index is 2.18. The first-order valence-corrected chi connectivity index (χ1v) is 7.89. The number of nitro benzene ring substituents is 1. The van der Waals surface area contributed by atoms with Gasteiger partial charge in [-0.05, 0) is 24.3 Å². The van der Waals surface area contributed by atoms with Crippen LogP contribution in [0.4, 0.5) is 5.69 Å². The van der Waals surface area contributed by atoms with E-state index in [1.807, 2.05) is 0 Å². The van der Waals surface area contributed by atoms with E-state index < -0.39 is 22.3 Å². The minimum atomic E-state index is -0.723. The van der Waals surface area contributed by atoms with Crippen LogP contribution in [0.5, 0.6) is 17.2 Å². The van der Waals surface area contributed by atoms with E-state index >= 15 is 0 Å². The lowest BCUT2D eigenvalue weighted by atomic mass is 10.2. The van der Waals surface area contributed by atoms with E-state index in [1.54, 1.807) is 6.07 Å².